The molecule has 0 aliphatic rings. The van der Waals surface area contributed by atoms with Crippen molar-refractivity contribution in [3.63, 3.8) is 0 Å². The van der Waals surface area contributed by atoms with Gasteiger partial charge in [-0.15, -0.1) is 0 Å². The van der Waals surface area contributed by atoms with Crippen LogP contribution >= 0.6 is 0 Å². The molecule has 0 fully saturated rings. The zero-order chi connectivity index (χ0) is 24.2. The number of nitrogens with one attached hydrogen (secondary N) is 2. The summed E-state index contributed by atoms with van der Waals surface area (Å²) in [4.78, 5) is 6.91. The van der Waals surface area contributed by atoms with Crippen LogP contribution in [0.2, 0.25) is 0 Å². The van der Waals surface area contributed by atoms with Crippen molar-refractivity contribution in [2.75, 3.05) is 0 Å². The third-order valence-corrected chi connectivity index (χ3v) is 7.25. The second kappa shape index (κ2) is 7.83. The van der Waals surface area contributed by atoms with E-state index in [0.29, 0.717) is 16.9 Å². The smallest absolute Gasteiger partial charge is 0.185 e. The fourth-order valence-electron chi connectivity index (χ4n) is 3.94. The van der Waals surface area contributed by atoms with Gasteiger partial charge < -0.3 is 4.98 Å². The van der Waals surface area contributed by atoms with Crippen LogP contribution in [-0.2, 0) is 22.6 Å². The van der Waals surface area contributed by atoms with Crippen molar-refractivity contribution in [2.24, 2.45) is 7.05 Å². The average Bonchev–Trinajstić information content (AvgIpc) is 3.51. The Hall–Kier alpha value is -3.93. The molecule has 2 N–H and O–H groups in total. The molecule has 12 heteroatoms. The Balaban J connectivity index is 1.61. The summed E-state index contributed by atoms with van der Waals surface area (Å²) >= 11 is 0. The monoisotopic (exact) mass is 486 g/mol. The van der Waals surface area contributed by atoms with E-state index in [1.54, 1.807) is 13.2 Å². The molecule has 34 heavy (non-hydrogen) atoms. The summed E-state index contributed by atoms with van der Waals surface area (Å²) in [6.07, 6.45) is 4.42. The summed E-state index contributed by atoms with van der Waals surface area (Å²) in [5.41, 5.74) is -0.802. The quantitative estimate of drug-likeness (QED) is 0.390. The molecular formula is C22H17F3N6O2S. The minimum absolute atomic E-state index is 0.0603. The van der Waals surface area contributed by atoms with E-state index in [4.69, 9.17) is 0 Å². The molecule has 3 aromatic heterocycles. The number of aryl methyl sites for hydroxylation is 2. The van der Waals surface area contributed by atoms with E-state index in [9.17, 15) is 12.8 Å². The van der Waals surface area contributed by atoms with Gasteiger partial charge in [-0.2, -0.15) is 10.2 Å². The van der Waals surface area contributed by atoms with Gasteiger partial charge in [0.15, 0.2) is 21.5 Å². The van der Waals surface area contributed by atoms with Crippen LogP contribution in [-0.4, -0.2) is 38.4 Å². The van der Waals surface area contributed by atoms with Gasteiger partial charge in [0.2, 0.25) is 0 Å². The van der Waals surface area contributed by atoms with Gasteiger partial charge in [-0.25, -0.2) is 26.6 Å². The number of hydrogen-bond acceptors (Lipinski definition) is 5. The molecule has 0 saturated heterocycles. The lowest BCUT2D eigenvalue weighted by Gasteiger charge is -2.11. The van der Waals surface area contributed by atoms with Crippen molar-refractivity contribution in [3.05, 3.63) is 71.6 Å². The molecule has 0 saturated carbocycles. The summed E-state index contributed by atoms with van der Waals surface area (Å²) in [6.45, 7) is 1.52. The second-order valence-electron chi connectivity index (χ2n) is 7.77. The predicted molar refractivity (Wildman–Crippen MR) is 118 cm³/mol. The molecule has 0 aliphatic carbocycles. The van der Waals surface area contributed by atoms with Crippen molar-refractivity contribution < 1.29 is 21.6 Å². The van der Waals surface area contributed by atoms with Gasteiger partial charge >= 0.3 is 0 Å². The molecule has 0 unspecified atom stereocenters. The number of aromatic amines is 2. The van der Waals surface area contributed by atoms with Crippen LogP contribution in [0.15, 0.2) is 47.8 Å². The van der Waals surface area contributed by atoms with Crippen LogP contribution in [0.1, 0.15) is 11.3 Å². The Labute approximate surface area is 191 Å². The summed E-state index contributed by atoms with van der Waals surface area (Å²) in [7, 11) is -2.43. The first-order valence-electron chi connectivity index (χ1n) is 10.0. The molecule has 5 rings (SSSR count). The highest BCUT2D eigenvalue weighted by molar-refractivity contribution is 7.90. The van der Waals surface area contributed by atoms with Crippen molar-refractivity contribution in [1.82, 2.24) is 29.9 Å². The van der Waals surface area contributed by atoms with Crippen LogP contribution < -0.4 is 0 Å². The summed E-state index contributed by atoms with van der Waals surface area (Å²) in [5.74, 6) is -3.47. The van der Waals surface area contributed by atoms with Gasteiger partial charge in [0, 0.05) is 42.2 Å². The molecule has 5 aromatic rings. The molecular weight excluding hydrogens is 469 g/mol. The number of nitrogens with zero attached hydrogens (tertiary/aromatic N) is 4. The highest BCUT2D eigenvalue weighted by Crippen LogP contribution is 2.36. The van der Waals surface area contributed by atoms with Gasteiger partial charge in [0.05, 0.1) is 17.0 Å². The molecule has 0 bridgehead atoms. The van der Waals surface area contributed by atoms with E-state index in [1.807, 2.05) is 0 Å². The number of sulfone groups is 1. The van der Waals surface area contributed by atoms with E-state index in [2.05, 4.69) is 25.3 Å². The molecule has 174 valence electrons. The minimum Gasteiger partial charge on any atom is -0.343 e. The van der Waals surface area contributed by atoms with Crippen molar-refractivity contribution in [2.45, 2.75) is 17.6 Å². The first-order chi connectivity index (χ1) is 16.2. The van der Waals surface area contributed by atoms with Crippen LogP contribution in [0.4, 0.5) is 13.2 Å². The normalized spacial score (nSPS) is 12.0. The van der Waals surface area contributed by atoms with E-state index >= 15 is 8.78 Å². The van der Waals surface area contributed by atoms with E-state index in [1.165, 1.54) is 36.1 Å². The third-order valence-electron chi connectivity index (χ3n) is 5.49. The van der Waals surface area contributed by atoms with Crippen molar-refractivity contribution >= 4 is 20.7 Å². The van der Waals surface area contributed by atoms with Gasteiger partial charge in [0.1, 0.15) is 27.7 Å². The van der Waals surface area contributed by atoms with E-state index in [0.717, 1.165) is 12.1 Å². The Kier molecular flexibility index (Phi) is 5.04. The number of imidazole rings is 1. The first kappa shape index (κ1) is 21.9. The van der Waals surface area contributed by atoms with Crippen molar-refractivity contribution in [1.29, 1.82) is 0 Å². The summed E-state index contributed by atoms with van der Waals surface area (Å²) < 4.78 is 72.6. The van der Waals surface area contributed by atoms with E-state index in [-0.39, 0.29) is 27.2 Å². The number of aromatic nitrogens is 6. The zero-order valence-electron chi connectivity index (χ0n) is 17.9. The fraction of sp³-hybridized carbons (Fsp3) is 0.136. The van der Waals surface area contributed by atoms with Gasteiger partial charge in [-0.05, 0) is 19.1 Å². The minimum atomic E-state index is -3.99. The van der Waals surface area contributed by atoms with Crippen LogP contribution in [0.25, 0.3) is 33.5 Å². The molecule has 0 spiro atoms. The molecule has 0 amide bonds. The lowest BCUT2D eigenvalue weighted by Crippen LogP contribution is -2.08. The van der Waals surface area contributed by atoms with Gasteiger partial charge in [-0.3, -0.25) is 9.78 Å². The van der Waals surface area contributed by atoms with Crippen LogP contribution in [0, 0.1) is 24.4 Å². The van der Waals surface area contributed by atoms with Gasteiger partial charge in [0.25, 0.3) is 0 Å². The summed E-state index contributed by atoms with van der Waals surface area (Å²) in [5, 5.41) is 11.0. The Morgan fingerprint density at radius 2 is 1.88 bits per heavy atom. The van der Waals surface area contributed by atoms with E-state index < -0.39 is 38.6 Å². The number of halogens is 3. The lowest BCUT2D eigenvalue weighted by molar-refractivity contribution is 0.570. The van der Waals surface area contributed by atoms with Crippen LogP contribution in [0.3, 0.4) is 0 Å². The Morgan fingerprint density at radius 1 is 1.09 bits per heavy atom. The average molecular weight is 486 g/mol. The standard InChI is InChI=1S/C22H17F3N6O2S/c1-11-16(9-31(2)30-11)34(32,33)10-12-3-6-15(23)17(18(12)24)13-4-5-14-20(19(13)25)28-29-21(14)22-26-7-8-27-22/h3-9H,10H2,1-2H3,(H,26,27)(H,28,29). The Morgan fingerprint density at radius 3 is 2.56 bits per heavy atom. The zero-order valence-corrected chi connectivity index (χ0v) is 18.7. The molecule has 0 atom stereocenters. The molecule has 0 aliphatic heterocycles. The molecule has 2 aromatic carbocycles. The third kappa shape index (κ3) is 3.46. The predicted octanol–water partition coefficient (Wildman–Crippen LogP) is 4.05. The number of fused-ring (bicyclic) bond motifs is 1. The molecule has 8 nitrogen and oxygen atoms in total. The molecule has 3 heterocycles. The second-order valence-corrected chi connectivity index (χ2v) is 9.72. The Bertz CT molecular complexity index is 1660. The maximum Gasteiger partial charge on any atom is 0.185 e. The highest BCUT2D eigenvalue weighted by atomic mass is 32.2. The highest BCUT2D eigenvalue weighted by Gasteiger charge is 2.26. The first-order valence-corrected chi connectivity index (χ1v) is 11.7. The molecule has 0 radical (unpaired) electrons. The number of H-pyrrole nitrogens is 2. The lowest BCUT2D eigenvalue weighted by atomic mass is 9.99. The maximum atomic E-state index is 15.4. The maximum absolute atomic E-state index is 15.4. The number of benzene rings is 2. The summed E-state index contributed by atoms with van der Waals surface area (Å²) in [6, 6.07) is 4.65. The topological polar surface area (TPSA) is 109 Å². The number of hydrogen-bond donors (Lipinski definition) is 2. The largest absolute Gasteiger partial charge is 0.343 e. The fourth-order valence-corrected chi connectivity index (χ4v) is 5.53. The number of rotatable bonds is 5. The van der Waals surface area contributed by atoms with Crippen LogP contribution in [0.5, 0.6) is 0 Å². The van der Waals surface area contributed by atoms with Gasteiger partial charge in [-0.1, -0.05) is 12.1 Å². The SMILES string of the molecule is Cc1nn(C)cc1S(=O)(=O)Cc1ccc(F)c(-c2ccc3c(-c4ncc[nH]4)[nH]nc3c2F)c1F. The van der Waals surface area contributed by atoms with Crippen molar-refractivity contribution in [3.8, 4) is 22.6 Å².